The number of fused-ring (bicyclic) bond motifs is 8. The van der Waals surface area contributed by atoms with E-state index in [-0.39, 0.29) is 36.7 Å². The quantitative estimate of drug-likeness (QED) is 0.0307. The number of phenolic OH excluding ortho intramolecular Hbond substituents is 2. The molecule has 6 aromatic rings. The molecular formula is C58H68N4O8. The summed E-state index contributed by atoms with van der Waals surface area (Å²) in [6.07, 6.45) is 9.46. The summed E-state index contributed by atoms with van der Waals surface area (Å²) in [5.41, 5.74) is 10.1. The Kier molecular flexibility index (Phi) is 13.5. The van der Waals surface area contributed by atoms with Crippen LogP contribution in [0.15, 0.2) is 91.1 Å². The Bertz CT molecular complexity index is 2890. The normalized spacial score (nSPS) is 21.8. The summed E-state index contributed by atoms with van der Waals surface area (Å²) in [7, 11) is 3.45. The monoisotopic (exact) mass is 949 g/mol. The lowest BCUT2D eigenvalue weighted by molar-refractivity contribution is -0.129. The van der Waals surface area contributed by atoms with E-state index in [2.05, 4.69) is 83.3 Å². The number of aliphatic hydroxyl groups is 2. The van der Waals surface area contributed by atoms with Crippen LogP contribution in [0.2, 0.25) is 0 Å². The molecule has 0 saturated heterocycles. The van der Waals surface area contributed by atoms with Crippen molar-refractivity contribution >= 4 is 17.0 Å². The van der Waals surface area contributed by atoms with Gasteiger partial charge in [0.15, 0.2) is 17.6 Å². The van der Waals surface area contributed by atoms with Gasteiger partial charge in [0.05, 0.1) is 26.0 Å². The molecule has 2 aliphatic carbocycles. The van der Waals surface area contributed by atoms with Crippen molar-refractivity contribution in [1.29, 1.82) is 0 Å². The molecule has 0 amide bonds. The maximum atomic E-state index is 11.7. The number of aromatic amines is 1. The van der Waals surface area contributed by atoms with Crippen LogP contribution in [0.25, 0.3) is 28.1 Å². The van der Waals surface area contributed by atoms with Crippen molar-refractivity contribution < 1.29 is 39.4 Å². The largest absolute Gasteiger partial charge is 0.507 e. The maximum absolute atomic E-state index is 11.7. The highest BCUT2D eigenvalue weighted by Crippen LogP contribution is 2.60. The number of allylic oxidation sites excluding steroid dienone is 1. The van der Waals surface area contributed by atoms with Crippen LogP contribution in [0.1, 0.15) is 102 Å². The summed E-state index contributed by atoms with van der Waals surface area (Å²) in [5, 5.41) is 56.6. The summed E-state index contributed by atoms with van der Waals surface area (Å²) < 4.78 is 27.7. The van der Waals surface area contributed by atoms with Crippen molar-refractivity contribution in [3.63, 3.8) is 0 Å². The van der Waals surface area contributed by atoms with Gasteiger partial charge in [-0.2, -0.15) is 0 Å². The van der Waals surface area contributed by atoms with E-state index in [0.717, 1.165) is 78.0 Å². The van der Waals surface area contributed by atoms with Crippen LogP contribution >= 0.6 is 0 Å². The van der Waals surface area contributed by atoms with Crippen molar-refractivity contribution in [1.82, 2.24) is 20.9 Å². The predicted molar refractivity (Wildman–Crippen MR) is 274 cm³/mol. The first-order chi connectivity index (χ1) is 33.9. The fourth-order valence-corrected chi connectivity index (χ4v) is 12.0. The van der Waals surface area contributed by atoms with Crippen LogP contribution in [0.3, 0.4) is 0 Å². The highest BCUT2D eigenvalue weighted by molar-refractivity contribution is 5.89. The molecule has 8 N–H and O–H groups in total. The minimum Gasteiger partial charge on any atom is -0.507 e. The Morgan fingerprint density at radius 3 is 2.56 bits per heavy atom. The molecule has 0 fully saturated rings. The third-order valence-electron chi connectivity index (χ3n) is 15.1. The topological polar surface area (TPSA) is 170 Å². The highest BCUT2D eigenvalue weighted by atomic mass is 16.6. The van der Waals surface area contributed by atoms with Crippen LogP contribution in [0, 0.1) is 5.92 Å². The summed E-state index contributed by atoms with van der Waals surface area (Å²) >= 11 is 0. The van der Waals surface area contributed by atoms with Gasteiger partial charge in [0.2, 0.25) is 0 Å². The first kappa shape index (κ1) is 47.8. The Balaban J connectivity index is 1.14. The van der Waals surface area contributed by atoms with Gasteiger partial charge in [0, 0.05) is 66.1 Å². The number of phenols is 2. The number of aromatic hydroxyl groups is 2. The molecule has 3 heterocycles. The molecule has 5 aromatic carbocycles. The molecule has 0 spiro atoms. The summed E-state index contributed by atoms with van der Waals surface area (Å²) in [6, 6.07) is 26.8. The molecule has 0 bridgehead atoms. The van der Waals surface area contributed by atoms with Crippen LogP contribution in [-0.4, -0.2) is 90.0 Å². The molecule has 6 atom stereocenters. The molecule has 4 aliphatic rings. The second-order valence-electron chi connectivity index (χ2n) is 20.6. The Morgan fingerprint density at radius 1 is 0.929 bits per heavy atom. The SMILES string of the molecule is CNCOC1(CNCNCC(C)(O)CC(C)C)Cc2c3c(c4c(c2OC1c1cc(CCc2ccccc2)c(O)c(OC)c1)CCC(CO)O4)-c1ccc(O)c2c1C(C3)C(c1ccc3[nH]ccc3c1)C=C2. The molecule has 12 nitrogen and oxygen atoms in total. The molecule has 1 aromatic heterocycles. The van der Waals surface area contributed by atoms with Crippen LogP contribution in [0.4, 0.5) is 0 Å². The summed E-state index contributed by atoms with van der Waals surface area (Å²) in [4.78, 5) is 3.35. The number of hydrogen-bond acceptors (Lipinski definition) is 11. The third-order valence-corrected chi connectivity index (χ3v) is 15.1. The highest BCUT2D eigenvalue weighted by Gasteiger charge is 2.51. The molecule has 368 valence electrons. The number of aliphatic hydroxyl groups excluding tert-OH is 1. The van der Waals surface area contributed by atoms with E-state index in [4.69, 9.17) is 18.9 Å². The first-order valence-corrected chi connectivity index (χ1v) is 25.0. The number of aromatic nitrogens is 1. The second kappa shape index (κ2) is 19.7. The van der Waals surface area contributed by atoms with Crippen LogP contribution < -0.4 is 30.2 Å². The zero-order chi connectivity index (χ0) is 48.7. The molecule has 12 heteroatoms. The molecule has 10 rings (SSSR count). The number of rotatable bonds is 18. The minimum atomic E-state index is -1.03. The van der Waals surface area contributed by atoms with Gasteiger partial charge in [-0.3, -0.25) is 5.32 Å². The summed E-state index contributed by atoms with van der Waals surface area (Å²) in [6.45, 7) is 7.37. The van der Waals surface area contributed by atoms with Gasteiger partial charge in [-0.15, -0.1) is 0 Å². The zero-order valence-corrected chi connectivity index (χ0v) is 41.0. The van der Waals surface area contributed by atoms with Gasteiger partial charge in [-0.05, 0) is 145 Å². The third kappa shape index (κ3) is 9.06. The van der Waals surface area contributed by atoms with Crippen molar-refractivity contribution in [3.05, 3.63) is 141 Å². The molecule has 0 saturated carbocycles. The first-order valence-electron chi connectivity index (χ1n) is 25.0. The van der Waals surface area contributed by atoms with E-state index < -0.39 is 23.4 Å². The summed E-state index contributed by atoms with van der Waals surface area (Å²) in [5.74, 6) is 2.48. The molecule has 0 radical (unpaired) electrons. The van der Waals surface area contributed by atoms with Gasteiger partial charge < -0.3 is 55.0 Å². The second-order valence-corrected chi connectivity index (χ2v) is 20.6. The van der Waals surface area contributed by atoms with Gasteiger partial charge in [-0.1, -0.05) is 68.5 Å². The van der Waals surface area contributed by atoms with Crippen molar-refractivity contribution in [2.45, 2.75) is 101 Å². The van der Waals surface area contributed by atoms with Crippen molar-refractivity contribution in [3.8, 4) is 39.9 Å². The maximum Gasteiger partial charge on any atom is 0.161 e. The standard InChI is InChI=1S/C58H68N4O8/c1-34(2)27-57(3,66)30-60-32-61-31-58(68-33-59-4)28-47-46-26-45-41(36-13-19-48-37(23-36)21-22-62-48)16-17-42-49(64)20-18-43(51(42)45)52(46)55-44(15-14-40(29-63)69-55)54(47)70-56(58)39-24-38(53(65)50(25-39)67-5)12-11-35-9-7-6-8-10-35/h6-10,13,16-25,34,40-41,45,56,59-66H,11-12,14-15,26-33H2,1-5H3. The van der Waals surface area contributed by atoms with Gasteiger partial charge in [-0.25, -0.2) is 0 Å². The average Bonchev–Trinajstić information content (AvgIpc) is 3.84. The molecule has 6 unspecified atom stereocenters. The van der Waals surface area contributed by atoms with E-state index in [1.807, 2.05) is 56.6 Å². The Labute approximate surface area is 411 Å². The van der Waals surface area contributed by atoms with Crippen LogP contribution in [0.5, 0.6) is 28.7 Å². The fraction of sp³-hybridized carbons (Fsp3) is 0.414. The number of aryl methyl sites for hydroxylation is 2. The van der Waals surface area contributed by atoms with E-state index in [1.165, 1.54) is 5.56 Å². The van der Waals surface area contributed by atoms with Gasteiger partial charge in [0.25, 0.3) is 0 Å². The van der Waals surface area contributed by atoms with Crippen LogP contribution in [-0.2, 0) is 36.8 Å². The Hall–Kier alpha value is -5.86. The minimum absolute atomic E-state index is 0.000242. The zero-order valence-electron chi connectivity index (χ0n) is 41.0. The lowest BCUT2D eigenvalue weighted by atomic mass is 9.64. The van der Waals surface area contributed by atoms with E-state index in [9.17, 15) is 20.4 Å². The predicted octanol–water partition coefficient (Wildman–Crippen LogP) is 8.72. The van der Waals surface area contributed by atoms with Gasteiger partial charge >= 0.3 is 0 Å². The molecule has 70 heavy (non-hydrogen) atoms. The lowest BCUT2D eigenvalue weighted by Gasteiger charge is -2.48. The van der Waals surface area contributed by atoms with E-state index in [1.54, 1.807) is 13.2 Å². The van der Waals surface area contributed by atoms with Gasteiger partial charge in [0.1, 0.15) is 29.0 Å². The number of H-pyrrole nitrogens is 1. The Morgan fingerprint density at radius 2 is 1.77 bits per heavy atom. The number of benzene rings is 5. The lowest BCUT2D eigenvalue weighted by Crippen LogP contribution is -2.56. The van der Waals surface area contributed by atoms with Crippen molar-refractivity contribution in [2.75, 3.05) is 47.3 Å². The number of nitrogens with one attached hydrogen (secondary N) is 4. The number of methoxy groups -OCH3 is 1. The van der Waals surface area contributed by atoms with E-state index in [0.29, 0.717) is 76.4 Å². The molecule has 2 aliphatic heterocycles. The van der Waals surface area contributed by atoms with E-state index >= 15 is 0 Å². The fourth-order valence-electron chi connectivity index (χ4n) is 12.0. The average molecular weight is 949 g/mol. The smallest absolute Gasteiger partial charge is 0.161 e. The van der Waals surface area contributed by atoms with Crippen molar-refractivity contribution in [2.24, 2.45) is 5.92 Å². The molecular weight excluding hydrogens is 881 g/mol. The number of ether oxygens (including phenoxy) is 4. The number of hydrogen-bond donors (Lipinski definition) is 8.